The van der Waals surface area contributed by atoms with E-state index in [0.717, 1.165) is 70.8 Å². The number of fused-ring (bicyclic) bond motifs is 6. The predicted molar refractivity (Wildman–Crippen MR) is 189 cm³/mol. The topological polar surface area (TPSA) is 170 Å². The zero-order chi connectivity index (χ0) is 34.6. The van der Waals surface area contributed by atoms with Crippen LogP contribution in [-0.2, 0) is 11.3 Å². The van der Waals surface area contributed by atoms with Crippen LogP contribution in [0.25, 0.3) is 33.2 Å². The SMILES string of the molecule is N#CCC(=O)N1CC[C@@H](Cn2ccc3c4c(cnc32)OB(O)C=C4C2C3CC4CC2CC(O)(C4)C3)[C@@H](C2=CB(O)Oc3cnc4[nH]ccc4c32)C1. The summed E-state index contributed by atoms with van der Waals surface area (Å²) in [5.74, 6) is 5.95. The van der Waals surface area contributed by atoms with Gasteiger partial charge in [-0.25, -0.2) is 9.97 Å². The molecule has 1 saturated heterocycles. The summed E-state index contributed by atoms with van der Waals surface area (Å²) < 4.78 is 14.0. The van der Waals surface area contributed by atoms with Gasteiger partial charge in [0.15, 0.2) is 0 Å². The van der Waals surface area contributed by atoms with Crippen LogP contribution in [0.1, 0.15) is 56.1 Å². The highest BCUT2D eigenvalue weighted by molar-refractivity contribution is 6.53. The van der Waals surface area contributed by atoms with Gasteiger partial charge in [-0.3, -0.25) is 4.79 Å². The molecule has 3 aliphatic heterocycles. The molecule has 1 amide bonds. The fourth-order valence-electron chi connectivity index (χ4n) is 11.1. The minimum absolute atomic E-state index is 0.0504. The summed E-state index contributed by atoms with van der Waals surface area (Å²) in [6.07, 6.45) is 12.5. The lowest BCUT2D eigenvalue weighted by molar-refractivity contribution is -0.139. The number of allylic oxidation sites excluding steroid dienone is 1. The number of nitrogens with one attached hydrogen (secondary N) is 1. The van der Waals surface area contributed by atoms with E-state index in [1.165, 1.54) is 0 Å². The highest BCUT2D eigenvalue weighted by Crippen LogP contribution is 2.62. The first-order valence-corrected chi connectivity index (χ1v) is 18.2. The first kappa shape index (κ1) is 31.2. The van der Waals surface area contributed by atoms with Gasteiger partial charge in [-0.1, -0.05) is 0 Å². The fourth-order valence-corrected chi connectivity index (χ4v) is 11.1. The van der Waals surface area contributed by atoms with E-state index >= 15 is 0 Å². The Balaban J connectivity index is 1.03. The van der Waals surface area contributed by atoms with Crippen LogP contribution >= 0.6 is 0 Å². The predicted octanol–water partition coefficient (Wildman–Crippen LogP) is 3.77. The molecule has 258 valence electrons. The zero-order valence-corrected chi connectivity index (χ0v) is 28.1. The van der Waals surface area contributed by atoms with Crippen LogP contribution in [0.5, 0.6) is 11.5 Å². The molecule has 7 aliphatic rings. The van der Waals surface area contributed by atoms with Gasteiger partial charge in [-0.05, 0) is 103 Å². The second-order valence-electron chi connectivity index (χ2n) is 15.8. The summed E-state index contributed by atoms with van der Waals surface area (Å²) >= 11 is 0. The molecule has 5 fully saturated rings. The number of carbonyl (C=O) groups excluding carboxylic acids is 1. The molecule has 2 unspecified atom stereocenters. The normalized spacial score (nSPS) is 30.7. The van der Waals surface area contributed by atoms with Crippen LogP contribution < -0.4 is 9.31 Å². The molecule has 4 atom stereocenters. The Morgan fingerprint density at radius 3 is 2.49 bits per heavy atom. The second kappa shape index (κ2) is 11.5. The van der Waals surface area contributed by atoms with Crippen LogP contribution in [-0.4, -0.2) is 78.4 Å². The van der Waals surface area contributed by atoms with Gasteiger partial charge in [-0.15, -0.1) is 0 Å². The zero-order valence-electron chi connectivity index (χ0n) is 28.1. The van der Waals surface area contributed by atoms with Crippen molar-refractivity contribution in [3.8, 4) is 17.6 Å². The van der Waals surface area contributed by atoms with Gasteiger partial charge in [0.2, 0.25) is 5.91 Å². The smallest absolute Gasteiger partial charge is 0.531 e. The van der Waals surface area contributed by atoms with Crippen molar-refractivity contribution >= 4 is 53.4 Å². The molecule has 12 nitrogen and oxygen atoms in total. The molecule has 4 saturated carbocycles. The maximum absolute atomic E-state index is 13.1. The van der Waals surface area contributed by atoms with Gasteiger partial charge in [-0.2, -0.15) is 5.26 Å². The van der Waals surface area contributed by atoms with E-state index in [0.29, 0.717) is 61.0 Å². The molecule has 4 bridgehead atoms. The minimum atomic E-state index is -1.16. The lowest BCUT2D eigenvalue weighted by atomic mass is 9.48. The van der Waals surface area contributed by atoms with Crippen molar-refractivity contribution in [3.05, 3.63) is 60.0 Å². The Bertz CT molecular complexity index is 2190. The molecule has 0 spiro atoms. The van der Waals surface area contributed by atoms with Crippen LogP contribution in [0, 0.1) is 46.8 Å². The Morgan fingerprint density at radius 1 is 1.02 bits per heavy atom. The number of aromatic amines is 1. The number of rotatable bonds is 5. The number of hydrogen-bond donors (Lipinski definition) is 4. The molecular formula is C37H38B2N6O6. The maximum Gasteiger partial charge on any atom is 0.552 e. The van der Waals surface area contributed by atoms with Gasteiger partial charge in [0, 0.05) is 59.8 Å². The fraction of sp³-hybridized carbons (Fsp3) is 0.459. The van der Waals surface area contributed by atoms with Crippen molar-refractivity contribution in [3.63, 3.8) is 0 Å². The lowest BCUT2D eigenvalue weighted by Gasteiger charge is -2.59. The molecule has 11 rings (SSSR count). The third-order valence-corrected chi connectivity index (χ3v) is 12.8. The summed E-state index contributed by atoms with van der Waals surface area (Å²) in [6.45, 7) is 1.53. The molecular weight excluding hydrogens is 646 g/mol. The number of nitriles is 1. The Morgan fingerprint density at radius 2 is 1.75 bits per heavy atom. The van der Waals surface area contributed by atoms with E-state index in [1.807, 2.05) is 24.3 Å². The number of carbonyl (C=O) groups is 1. The summed E-state index contributed by atoms with van der Waals surface area (Å²) in [4.78, 5) is 27.4. The van der Waals surface area contributed by atoms with Crippen molar-refractivity contribution in [2.24, 2.45) is 35.5 Å². The monoisotopic (exact) mass is 684 g/mol. The van der Waals surface area contributed by atoms with E-state index < -0.39 is 19.8 Å². The molecule has 4 aromatic heterocycles. The largest absolute Gasteiger partial charge is 0.552 e. The lowest BCUT2D eigenvalue weighted by Crippen LogP contribution is -2.55. The van der Waals surface area contributed by atoms with Crippen molar-refractivity contribution in [1.29, 1.82) is 5.26 Å². The molecule has 4 aromatic rings. The van der Waals surface area contributed by atoms with E-state index in [9.17, 15) is 25.2 Å². The first-order chi connectivity index (χ1) is 24.7. The summed E-state index contributed by atoms with van der Waals surface area (Å²) in [7, 11) is -2.21. The quantitative estimate of drug-likeness (QED) is 0.229. The molecule has 4 N–H and O–H groups in total. The number of aliphatic hydroxyl groups is 1. The van der Waals surface area contributed by atoms with E-state index in [4.69, 9.17) is 14.3 Å². The number of likely N-dealkylation sites (tertiary alicyclic amines) is 1. The third-order valence-electron chi connectivity index (χ3n) is 12.8. The van der Waals surface area contributed by atoms with Gasteiger partial charge < -0.3 is 38.9 Å². The Labute approximate surface area is 295 Å². The van der Waals surface area contributed by atoms with Gasteiger partial charge >= 0.3 is 14.2 Å². The van der Waals surface area contributed by atoms with Crippen molar-refractivity contribution in [2.45, 2.75) is 57.1 Å². The molecule has 4 aliphatic carbocycles. The standard InChI is InChI=1S/C37H38B2N6O6/c40-5-1-31(46)44-7-3-21(28(19-44)26-14-38(48)50-29-16-42-35-24(33(26)29)2-6-41-35)18-45-8-4-25-34-27(15-39(49)51-30(34)17-43-36(25)45)32-22-9-20-10-23(32)13-37(47,11-20)12-22/h2,4,6,8,14-17,20-23,28,32,47-49H,1,3,7,9-13,18-19H2,(H,41,42)/t20?,21-,22?,23?,28-,32?,37?/m0/s1. The number of pyridine rings is 2. The molecule has 0 aromatic carbocycles. The second-order valence-corrected chi connectivity index (χ2v) is 15.8. The Kier molecular flexibility index (Phi) is 7.01. The van der Waals surface area contributed by atoms with E-state index in [1.54, 1.807) is 23.3 Å². The minimum Gasteiger partial charge on any atom is -0.531 e. The van der Waals surface area contributed by atoms with Crippen molar-refractivity contribution in [2.75, 3.05) is 13.1 Å². The molecule has 14 heteroatoms. The maximum atomic E-state index is 13.1. The van der Waals surface area contributed by atoms with Gasteiger partial charge in [0.25, 0.3) is 0 Å². The van der Waals surface area contributed by atoms with Gasteiger partial charge in [0.1, 0.15) is 29.2 Å². The number of piperidine rings is 1. The third kappa shape index (κ3) is 4.96. The first-order valence-electron chi connectivity index (χ1n) is 18.2. The summed E-state index contributed by atoms with van der Waals surface area (Å²) in [5, 5.41) is 44.2. The van der Waals surface area contributed by atoms with Crippen molar-refractivity contribution in [1.82, 2.24) is 24.4 Å². The number of aromatic nitrogens is 4. The highest BCUT2D eigenvalue weighted by atomic mass is 16.5. The van der Waals surface area contributed by atoms with Crippen LogP contribution in [0.2, 0.25) is 0 Å². The van der Waals surface area contributed by atoms with Crippen LogP contribution in [0.3, 0.4) is 0 Å². The highest BCUT2D eigenvalue weighted by Gasteiger charge is 2.56. The number of nitrogens with zero attached hydrogens (tertiary/aromatic N) is 5. The number of amides is 1. The Hall–Kier alpha value is -4.57. The van der Waals surface area contributed by atoms with E-state index in [2.05, 4.69) is 26.8 Å². The molecule has 0 radical (unpaired) electrons. The van der Waals surface area contributed by atoms with Crippen molar-refractivity contribution < 1.29 is 29.3 Å². The summed E-state index contributed by atoms with van der Waals surface area (Å²) in [5.41, 5.74) is 4.84. The average molecular weight is 684 g/mol. The van der Waals surface area contributed by atoms with E-state index in [-0.39, 0.29) is 30.1 Å². The molecule has 51 heavy (non-hydrogen) atoms. The number of hydrogen-bond acceptors (Lipinski definition) is 9. The summed E-state index contributed by atoms with van der Waals surface area (Å²) in [6, 6.07) is 6.06. The molecule has 7 heterocycles. The number of H-pyrrole nitrogens is 1. The van der Waals surface area contributed by atoms with Crippen LogP contribution in [0.4, 0.5) is 0 Å². The average Bonchev–Trinajstić information content (AvgIpc) is 3.74. The van der Waals surface area contributed by atoms with Gasteiger partial charge in [0.05, 0.1) is 24.1 Å². The van der Waals surface area contributed by atoms with Crippen LogP contribution in [0.15, 0.2) is 48.9 Å².